The first kappa shape index (κ1) is 27.7. The highest BCUT2D eigenvalue weighted by atomic mass is 35.6. The van der Waals surface area contributed by atoms with E-state index in [9.17, 15) is 9.13 Å². The van der Waals surface area contributed by atoms with Crippen LogP contribution in [0, 0.1) is 0 Å². The molecule has 17 heteroatoms. The van der Waals surface area contributed by atoms with Gasteiger partial charge in [0.15, 0.2) is 12.5 Å². The van der Waals surface area contributed by atoms with E-state index in [0.717, 1.165) is 22.8 Å². The van der Waals surface area contributed by atoms with Gasteiger partial charge < -0.3 is 13.8 Å². The summed E-state index contributed by atoms with van der Waals surface area (Å²) in [5.74, 6) is 0. The number of rotatable bonds is 10. The lowest BCUT2D eigenvalue weighted by Crippen LogP contribution is -2.50. The molecule has 0 aliphatic rings. The smallest absolute Gasteiger partial charge is 0.328 e. The van der Waals surface area contributed by atoms with Gasteiger partial charge in [-0.2, -0.15) is 0 Å². The highest BCUT2D eigenvalue weighted by Crippen LogP contribution is 2.57. The van der Waals surface area contributed by atoms with Gasteiger partial charge in [-0.15, -0.1) is 0 Å². The van der Waals surface area contributed by atoms with E-state index in [1.165, 1.54) is 26.7 Å². The third-order valence-corrected chi connectivity index (χ3v) is 11.0. The Kier molecular flexibility index (Phi) is 12.4. The number of hydrogen-bond acceptors (Lipinski definition) is 7. The standard InChI is InChI=1S/C8H16Cl6N2O5P2S2/c1-19-22(17,24-3)15-5(7(9,10)11)21-6(8(12,13)14)16-23(18,20-2)25-4/h5-6H,1-4H3,(H,15,17)(H,16,18). The maximum Gasteiger partial charge on any atom is 0.328 e. The molecule has 0 fully saturated rings. The van der Waals surface area contributed by atoms with E-state index in [1.807, 2.05) is 0 Å². The molecule has 0 aromatic rings. The Bertz CT molecular complexity index is 462. The van der Waals surface area contributed by atoms with Crippen molar-refractivity contribution in [1.82, 2.24) is 10.2 Å². The Morgan fingerprint density at radius 2 is 1.08 bits per heavy atom. The summed E-state index contributed by atoms with van der Waals surface area (Å²) in [4.78, 5) is 0. The molecule has 4 atom stereocenters. The van der Waals surface area contributed by atoms with E-state index < -0.39 is 33.5 Å². The number of nitrogens with one attached hydrogen (secondary N) is 2. The summed E-state index contributed by atoms with van der Waals surface area (Å²) in [6, 6.07) is 0. The minimum absolute atomic E-state index is 0.837. The Hall–Kier alpha value is 2.70. The molecule has 0 aliphatic carbocycles. The molecule has 0 heterocycles. The first-order chi connectivity index (χ1) is 11.2. The zero-order chi connectivity index (χ0) is 20.1. The monoisotopic (exact) mass is 556 g/mol. The third kappa shape index (κ3) is 9.83. The van der Waals surface area contributed by atoms with Gasteiger partial charge in [-0.1, -0.05) is 92.4 Å². The van der Waals surface area contributed by atoms with Gasteiger partial charge in [0.1, 0.15) is 0 Å². The van der Waals surface area contributed by atoms with Crippen LogP contribution < -0.4 is 10.2 Å². The molecule has 0 saturated carbocycles. The maximum atomic E-state index is 12.4. The summed E-state index contributed by atoms with van der Waals surface area (Å²) in [6.07, 6.45) is -0.110. The van der Waals surface area contributed by atoms with Crippen LogP contribution in [-0.4, -0.2) is 46.8 Å². The minimum atomic E-state index is -3.48. The van der Waals surface area contributed by atoms with Gasteiger partial charge in [-0.25, -0.2) is 10.2 Å². The molecule has 152 valence electrons. The van der Waals surface area contributed by atoms with Gasteiger partial charge in [-0.05, 0) is 12.5 Å². The quantitative estimate of drug-likeness (QED) is 0.196. The summed E-state index contributed by atoms with van der Waals surface area (Å²) in [7, 11) is 2.38. The molecule has 2 N–H and O–H groups in total. The number of halogens is 6. The van der Waals surface area contributed by atoms with Crippen LogP contribution in [0.15, 0.2) is 0 Å². The van der Waals surface area contributed by atoms with Crippen LogP contribution in [0.2, 0.25) is 0 Å². The second kappa shape index (κ2) is 11.2. The van der Waals surface area contributed by atoms with Gasteiger partial charge in [0.2, 0.25) is 7.59 Å². The van der Waals surface area contributed by atoms with E-state index in [0.29, 0.717) is 0 Å². The van der Waals surface area contributed by atoms with Crippen LogP contribution in [0.1, 0.15) is 0 Å². The van der Waals surface area contributed by atoms with E-state index in [2.05, 4.69) is 10.2 Å². The Morgan fingerprint density at radius 1 is 0.800 bits per heavy atom. The summed E-state index contributed by atoms with van der Waals surface area (Å²) in [5.41, 5.74) is 0. The fraction of sp³-hybridized carbons (Fsp3) is 1.00. The van der Waals surface area contributed by atoms with E-state index in [1.54, 1.807) is 0 Å². The largest absolute Gasteiger partial charge is 0.335 e. The summed E-state index contributed by atoms with van der Waals surface area (Å²) in [6.45, 7) is -6.96. The second-order valence-electron chi connectivity index (χ2n) is 3.96. The van der Waals surface area contributed by atoms with Gasteiger partial charge in [0, 0.05) is 14.2 Å². The van der Waals surface area contributed by atoms with Crippen molar-refractivity contribution in [2.45, 2.75) is 20.0 Å². The molecule has 4 unspecified atom stereocenters. The molecule has 7 nitrogen and oxygen atoms in total. The van der Waals surface area contributed by atoms with Gasteiger partial charge in [0.05, 0.1) is 0 Å². The predicted octanol–water partition coefficient (Wildman–Crippen LogP) is 5.81. The van der Waals surface area contributed by atoms with Crippen molar-refractivity contribution >= 4 is 106 Å². The van der Waals surface area contributed by atoms with Crippen LogP contribution in [0.4, 0.5) is 0 Å². The predicted molar refractivity (Wildman–Crippen MR) is 112 cm³/mol. The lowest BCUT2D eigenvalue weighted by molar-refractivity contribution is -0.0219. The van der Waals surface area contributed by atoms with Crippen molar-refractivity contribution in [2.24, 2.45) is 0 Å². The topological polar surface area (TPSA) is 85.9 Å². The third-order valence-electron chi connectivity index (χ3n) is 2.38. The summed E-state index contributed by atoms with van der Waals surface area (Å²) in [5, 5.41) is 4.84. The lowest BCUT2D eigenvalue weighted by atomic mass is 10.6. The molecule has 0 radical (unpaired) electrons. The molecule has 0 bridgehead atoms. The molecular formula is C8H16Cl6N2O5P2S2. The molecule has 0 rings (SSSR count). The van der Waals surface area contributed by atoms with Gasteiger partial charge in [0.25, 0.3) is 0 Å². The fourth-order valence-corrected chi connectivity index (χ4v) is 6.14. The van der Waals surface area contributed by atoms with Crippen molar-refractivity contribution in [3.63, 3.8) is 0 Å². The molecule has 0 aliphatic heterocycles. The highest BCUT2D eigenvalue weighted by molar-refractivity contribution is 8.56. The Labute approximate surface area is 184 Å². The van der Waals surface area contributed by atoms with Crippen LogP contribution in [0.3, 0.4) is 0 Å². The van der Waals surface area contributed by atoms with E-state index in [-0.39, 0.29) is 0 Å². The number of alkyl halides is 6. The molecule has 0 saturated heterocycles. The zero-order valence-corrected chi connectivity index (χ0v) is 21.1. The average Bonchev–Trinajstić information content (AvgIpc) is 2.51. The molecule has 25 heavy (non-hydrogen) atoms. The van der Waals surface area contributed by atoms with Crippen molar-refractivity contribution < 1.29 is 22.9 Å². The minimum Gasteiger partial charge on any atom is -0.335 e. The van der Waals surface area contributed by atoms with Crippen molar-refractivity contribution in [3.8, 4) is 0 Å². The molecule has 0 aromatic heterocycles. The molecular weight excluding hydrogens is 543 g/mol. The number of hydrogen-bond donors (Lipinski definition) is 2. The summed E-state index contributed by atoms with van der Waals surface area (Å²) < 4.78 is 35.7. The van der Waals surface area contributed by atoms with Gasteiger partial charge >= 0.3 is 13.4 Å². The SMILES string of the molecule is COP(=O)(NC(OC(NP(=O)(OC)SC)C(Cl)(Cl)Cl)C(Cl)(Cl)Cl)SC. The van der Waals surface area contributed by atoms with E-state index >= 15 is 0 Å². The highest BCUT2D eigenvalue weighted by Gasteiger charge is 2.46. The number of ether oxygens (including phenoxy) is 1. The van der Waals surface area contributed by atoms with Crippen molar-refractivity contribution in [2.75, 3.05) is 26.7 Å². The summed E-state index contributed by atoms with van der Waals surface area (Å²) >= 11 is 36.8. The molecule has 0 spiro atoms. The average molecular weight is 559 g/mol. The Morgan fingerprint density at radius 3 is 1.24 bits per heavy atom. The van der Waals surface area contributed by atoms with Crippen LogP contribution in [0.5, 0.6) is 0 Å². The van der Waals surface area contributed by atoms with Crippen molar-refractivity contribution in [1.29, 1.82) is 0 Å². The molecule has 0 aromatic carbocycles. The normalized spacial score (nSPS) is 20.6. The van der Waals surface area contributed by atoms with Crippen LogP contribution >= 0.6 is 106 Å². The first-order valence-electron chi connectivity index (χ1n) is 5.94. The van der Waals surface area contributed by atoms with Gasteiger partial charge in [-0.3, -0.25) is 9.13 Å². The van der Waals surface area contributed by atoms with Crippen LogP contribution in [0.25, 0.3) is 0 Å². The lowest BCUT2D eigenvalue weighted by Gasteiger charge is -2.35. The fourth-order valence-electron chi connectivity index (χ4n) is 1.14. The van der Waals surface area contributed by atoms with E-state index in [4.69, 9.17) is 83.4 Å². The Balaban J connectivity index is 5.64. The molecule has 0 amide bonds. The van der Waals surface area contributed by atoms with Crippen LogP contribution in [-0.2, 0) is 22.9 Å². The second-order valence-corrected chi connectivity index (χ2v) is 17.7. The zero-order valence-electron chi connectivity index (χ0n) is 13.2. The first-order valence-corrected chi connectivity index (χ1v) is 15.1. The maximum absolute atomic E-state index is 12.4. The van der Waals surface area contributed by atoms with Crippen molar-refractivity contribution in [3.05, 3.63) is 0 Å².